The Labute approximate surface area is 174 Å². The molecule has 1 aromatic rings. The van der Waals surface area contributed by atoms with Crippen molar-refractivity contribution in [3.05, 3.63) is 28.8 Å². The lowest BCUT2D eigenvalue weighted by atomic mass is 9.85. The number of ether oxygens (including phenoxy) is 1. The second-order valence-electron chi connectivity index (χ2n) is 9.20. The largest absolute Gasteiger partial charge is 0.459 e. The number of nitrogens with zero attached hydrogens (tertiary/aromatic N) is 2. The Hall–Kier alpha value is -2.10. The van der Waals surface area contributed by atoms with Crippen LogP contribution in [0.4, 0.5) is 5.69 Å². The number of hydrogen-bond acceptors (Lipinski definition) is 6. The molecule has 2 N–H and O–H groups in total. The van der Waals surface area contributed by atoms with E-state index in [1.54, 1.807) is 0 Å². The summed E-state index contributed by atoms with van der Waals surface area (Å²) in [5, 5.41) is 16.9. The fourth-order valence-electron chi connectivity index (χ4n) is 4.43. The predicted molar refractivity (Wildman–Crippen MR) is 115 cm³/mol. The second-order valence-corrected chi connectivity index (χ2v) is 9.20. The maximum Gasteiger partial charge on any atom is 0.326 e. The van der Waals surface area contributed by atoms with Gasteiger partial charge in [0.15, 0.2) is 0 Å². The number of esters is 1. The molecule has 0 aromatic heterocycles. The molecule has 0 spiro atoms. The van der Waals surface area contributed by atoms with Crippen molar-refractivity contribution in [2.75, 3.05) is 31.6 Å². The Bertz CT molecular complexity index is 772. The van der Waals surface area contributed by atoms with Gasteiger partial charge in [-0.25, -0.2) is 0 Å². The summed E-state index contributed by atoms with van der Waals surface area (Å²) < 4.78 is 5.58. The quantitative estimate of drug-likeness (QED) is 0.717. The molecule has 0 bridgehead atoms. The van der Waals surface area contributed by atoms with Crippen molar-refractivity contribution in [1.29, 1.82) is 5.26 Å². The van der Waals surface area contributed by atoms with E-state index in [2.05, 4.69) is 22.8 Å². The molecule has 1 heterocycles. The number of anilines is 1. The molecule has 29 heavy (non-hydrogen) atoms. The standard InChI is InChI=1S/C23H34N4O2/c1-23(2,3)29-22(28)15-27(14-18-6-5-11-26-18)21-10-7-16-12-17(25-4)8-9-19(16)20(21)13-24/h7,10,17-18,25-26H,5-6,8-9,11-12,14-15H2,1-4H3. The van der Waals surface area contributed by atoms with Crippen LogP contribution in [0.5, 0.6) is 0 Å². The van der Waals surface area contributed by atoms with Crippen molar-refractivity contribution in [1.82, 2.24) is 10.6 Å². The normalized spacial score (nSPS) is 21.3. The molecule has 0 amide bonds. The van der Waals surface area contributed by atoms with E-state index in [1.807, 2.05) is 38.8 Å². The average molecular weight is 399 g/mol. The second kappa shape index (κ2) is 9.15. The Morgan fingerprint density at radius 3 is 2.79 bits per heavy atom. The molecule has 1 aliphatic carbocycles. The third-order valence-corrected chi connectivity index (χ3v) is 5.80. The van der Waals surface area contributed by atoms with Crippen LogP contribution < -0.4 is 15.5 Å². The van der Waals surface area contributed by atoms with E-state index in [1.165, 1.54) is 5.56 Å². The van der Waals surface area contributed by atoms with Gasteiger partial charge in [-0.05, 0) is 83.7 Å². The van der Waals surface area contributed by atoms with Gasteiger partial charge in [-0.1, -0.05) is 6.07 Å². The molecule has 1 aromatic carbocycles. The van der Waals surface area contributed by atoms with Crippen molar-refractivity contribution < 1.29 is 9.53 Å². The van der Waals surface area contributed by atoms with Gasteiger partial charge in [0.2, 0.25) is 0 Å². The summed E-state index contributed by atoms with van der Waals surface area (Å²) in [6, 6.07) is 7.40. The molecule has 1 aliphatic heterocycles. The van der Waals surface area contributed by atoms with Crippen molar-refractivity contribution in [3.63, 3.8) is 0 Å². The Kier molecular flexibility index (Phi) is 6.81. The van der Waals surface area contributed by atoms with E-state index in [0.29, 0.717) is 18.6 Å². The zero-order valence-corrected chi connectivity index (χ0v) is 18.2. The number of fused-ring (bicyclic) bond motifs is 1. The highest BCUT2D eigenvalue weighted by molar-refractivity contribution is 5.78. The third kappa shape index (κ3) is 5.49. The van der Waals surface area contributed by atoms with Gasteiger partial charge >= 0.3 is 5.97 Å². The minimum absolute atomic E-state index is 0.155. The third-order valence-electron chi connectivity index (χ3n) is 5.80. The monoisotopic (exact) mass is 398 g/mol. The van der Waals surface area contributed by atoms with Crippen molar-refractivity contribution >= 4 is 11.7 Å². The fourth-order valence-corrected chi connectivity index (χ4v) is 4.43. The van der Waals surface area contributed by atoms with Gasteiger partial charge in [0.25, 0.3) is 0 Å². The SMILES string of the molecule is CNC1CCc2c(ccc(N(CC(=O)OC(C)(C)C)CC3CCCN3)c2C#N)C1. The van der Waals surface area contributed by atoms with Crippen LogP contribution in [0.25, 0.3) is 0 Å². The summed E-state index contributed by atoms with van der Waals surface area (Å²) >= 11 is 0. The first kappa shape index (κ1) is 21.6. The molecule has 0 saturated carbocycles. The molecule has 1 fully saturated rings. The summed E-state index contributed by atoms with van der Waals surface area (Å²) in [6.45, 7) is 7.50. The van der Waals surface area contributed by atoms with Crippen LogP contribution in [0.2, 0.25) is 0 Å². The first-order valence-electron chi connectivity index (χ1n) is 10.7. The van der Waals surface area contributed by atoms with Gasteiger partial charge in [0, 0.05) is 18.6 Å². The summed E-state index contributed by atoms with van der Waals surface area (Å²) in [7, 11) is 1.99. The summed E-state index contributed by atoms with van der Waals surface area (Å²) in [5.41, 5.74) is 3.44. The fraction of sp³-hybridized carbons (Fsp3) is 0.652. The average Bonchev–Trinajstić information content (AvgIpc) is 3.17. The maximum atomic E-state index is 12.6. The molecule has 2 atom stereocenters. The first-order valence-corrected chi connectivity index (χ1v) is 10.7. The summed E-state index contributed by atoms with van der Waals surface area (Å²) in [6.07, 6.45) is 5.08. The molecule has 6 heteroatoms. The van der Waals surface area contributed by atoms with Gasteiger partial charge in [0.1, 0.15) is 18.2 Å². The van der Waals surface area contributed by atoms with Crippen molar-refractivity contribution in [3.8, 4) is 6.07 Å². The van der Waals surface area contributed by atoms with E-state index < -0.39 is 5.60 Å². The minimum atomic E-state index is -0.523. The smallest absolute Gasteiger partial charge is 0.326 e. The lowest BCUT2D eigenvalue weighted by Crippen LogP contribution is -2.42. The number of nitriles is 1. The molecule has 6 nitrogen and oxygen atoms in total. The van der Waals surface area contributed by atoms with Crippen molar-refractivity contribution in [2.24, 2.45) is 0 Å². The zero-order chi connectivity index (χ0) is 21.0. The van der Waals surface area contributed by atoms with Gasteiger partial charge in [-0.3, -0.25) is 4.79 Å². The molecule has 0 radical (unpaired) electrons. The molecule has 1 saturated heterocycles. The first-order chi connectivity index (χ1) is 13.8. The van der Waals surface area contributed by atoms with Crippen LogP contribution in [0.3, 0.4) is 0 Å². The predicted octanol–water partition coefficient (Wildman–Crippen LogP) is 2.54. The van der Waals surface area contributed by atoms with Crippen molar-refractivity contribution in [2.45, 2.75) is 70.6 Å². The molecular weight excluding hydrogens is 364 g/mol. The number of carbonyl (C=O) groups is 1. The van der Waals surface area contributed by atoms with Gasteiger partial charge in [-0.2, -0.15) is 5.26 Å². The van der Waals surface area contributed by atoms with Crippen LogP contribution in [0.15, 0.2) is 12.1 Å². The number of nitrogens with one attached hydrogen (secondary N) is 2. The van der Waals surface area contributed by atoms with Crippen LogP contribution in [0, 0.1) is 11.3 Å². The summed E-state index contributed by atoms with van der Waals surface area (Å²) in [5.74, 6) is -0.257. The molecule has 3 rings (SSSR count). The number of carbonyl (C=O) groups excluding carboxylic acids is 1. The molecule has 2 aliphatic rings. The molecule has 158 valence electrons. The number of benzene rings is 1. The number of hydrogen-bond donors (Lipinski definition) is 2. The van der Waals surface area contributed by atoms with Crippen LogP contribution in [0.1, 0.15) is 56.7 Å². The maximum absolute atomic E-state index is 12.6. The minimum Gasteiger partial charge on any atom is -0.459 e. The lowest BCUT2D eigenvalue weighted by Gasteiger charge is -2.32. The van der Waals surface area contributed by atoms with E-state index in [-0.39, 0.29) is 12.5 Å². The summed E-state index contributed by atoms with van der Waals surface area (Å²) in [4.78, 5) is 14.7. The topological polar surface area (TPSA) is 77.4 Å². The van der Waals surface area contributed by atoms with Crippen LogP contribution in [-0.4, -0.2) is 50.3 Å². The van der Waals surface area contributed by atoms with Crippen LogP contribution in [-0.2, 0) is 22.4 Å². The highest BCUT2D eigenvalue weighted by atomic mass is 16.6. The van der Waals surface area contributed by atoms with E-state index >= 15 is 0 Å². The van der Waals surface area contributed by atoms with Gasteiger partial charge in [-0.15, -0.1) is 0 Å². The molecular formula is C23H34N4O2. The van der Waals surface area contributed by atoms with Gasteiger partial charge in [0.05, 0.1) is 11.3 Å². The highest BCUT2D eigenvalue weighted by Crippen LogP contribution is 2.32. The van der Waals surface area contributed by atoms with Gasteiger partial charge < -0.3 is 20.3 Å². The zero-order valence-electron chi connectivity index (χ0n) is 18.2. The Balaban J connectivity index is 1.90. The number of likely N-dealkylation sites (N-methyl/N-ethyl adjacent to an activating group) is 1. The Morgan fingerprint density at radius 2 is 2.17 bits per heavy atom. The van der Waals surface area contributed by atoms with E-state index in [0.717, 1.165) is 55.5 Å². The van der Waals surface area contributed by atoms with E-state index in [9.17, 15) is 10.1 Å². The lowest BCUT2D eigenvalue weighted by molar-refractivity contribution is -0.153. The Morgan fingerprint density at radius 1 is 1.38 bits per heavy atom. The molecule has 2 unspecified atom stereocenters. The number of rotatable bonds is 6. The van der Waals surface area contributed by atoms with E-state index in [4.69, 9.17) is 4.74 Å². The van der Waals surface area contributed by atoms with Crippen LogP contribution >= 0.6 is 0 Å². The highest BCUT2D eigenvalue weighted by Gasteiger charge is 2.27.